The molecule has 0 saturated heterocycles. The van der Waals surface area contributed by atoms with Crippen LogP contribution in [0.5, 0.6) is 0 Å². The van der Waals surface area contributed by atoms with Crippen molar-refractivity contribution in [3.05, 3.63) is 34.6 Å². The summed E-state index contributed by atoms with van der Waals surface area (Å²) in [5.41, 5.74) is 1.02. The van der Waals surface area contributed by atoms with Crippen molar-refractivity contribution in [1.29, 1.82) is 0 Å². The van der Waals surface area contributed by atoms with Gasteiger partial charge in [-0.3, -0.25) is 0 Å². The maximum atomic E-state index is 13.2. The quantitative estimate of drug-likeness (QED) is 0.752. The lowest BCUT2D eigenvalue weighted by Crippen LogP contribution is -2.17. The summed E-state index contributed by atoms with van der Waals surface area (Å²) in [5.74, 6) is 0.234. The third kappa shape index (κ3) is 4.50. The summed E-state index contributed by atoms with van der Waals surface area (Å²) in [6.07, 6.45) is 2.01. The SMILES string of the molecule is CCNCCC(C)Cc1ccc(Cl)c(F)c1. The summed E-state index contributed by atoms with van der Waals surface area (Å²) in [4.78, 5) is 0. The van der Waals surface area contributed by atoms with E-state index in [1.54, 1.807) is 6.07 Å². The van der Waals surface area contributed by atoms with E-state index in [4.69, 9.17) is 11.6 Å². The molecule has 1 N–H and O–H groups in total. The van der Waals surface area contributed by atoms with Gasteiger partial charge in [-0.05, 0) is 49.5 Å². The van der Waals surface area contributed by atoms with Crippen LogP contribution in [-0.2, 0) is 6.42 Å². The van der Waals surface area contributed by atoms with Crippen LogP contribution in [0.2, 0.25) is 5.02 Å². The zero-order valence-electron chi connectivity index (χ0n) is 9.89. The lowest BCUT2D eigenvalue weighted by molar-refractivity contribution is 0.503. The zero-order chi connectivity index (χ0) is 12.0. The van der Waals surface area contributed by atoms with Crippen LogP contribution in [0.25, 0.3) is 0 Å². The van der Waals surface area contributed by atoms with Gasteiger partial charge in [0.1, 0.15) is 5.82 Å². The predicted molar refractivity (Wildman–Crippen MR) is 67.4 cm³/mol. The van der Waals surface area contributed by atoms with Crippen LogP contribution in [0.4, 0.5) is 4.39 Å². The average Bonchev–Trinajstić information content (AvgIpc) is 2.24. The van der Waals surface area contributed by atoms with Crippen molar-refractivity contribution >= 4 is 11.6 Å². The molecule has 0 amide bonds. The molecule has 1 unspecified atom stereocenters. The minimum Gasteiger partial charge on any atom is -0.317 e. The van der Waals surface area contributed by atoms with Gasteiger partial charge in [-0.1, -0.05) is 31.5 Å². The molecule has 3 heteroatoms. The Morgan fingerprint density at radius 2 is 2.19 bits per heavy atom. The highest BCUT2D eigenvalue weighted by molar-refractivity contribution is 6.30. The molecule has 0 aliphatic carbocycles. The van der Waals surface area contributed by atoms with E-state index in [2.05, 4.69) is 19.2 Å². The molecule has 0 saturated carbocycles. The molecule has 0 heterocycles. The molecular weight excluding hydrogens is 225 g/mol. The maximum Gasteiger partial charge on any atom is 0.142 e. The minimum atomic E-state index is -0.321. The van der Waals surface area contributed by atoms with Gasteiger partial charge in [-0.15, -0.1) is 0 Å². The summed E-state index contributed by atoms with van der Waals surface area (Å²) in [6, 6.07) is 5.06. The van der Waals surface area contributed by atoms with E-state index < -0.39 is 0 Å². The highest BCUT2D eigenvalue weighted by Gasteiger charge is 2.06. The Labute approximate surface area is 102 Å². The molecule has 1 aromatic carbocycles. The maximum absolute atomic E-state index is 13.2. The number of hydrogen-bond acceptors (Lipinski definition) is 1. The first kappa shape index (κ1) is 13.5. The summed E-state index contributed by atoms with van der Waals surface area (Å²) >= 11 is 5.63. The Bertz CT molecular complexity index is 328. The van der Waals surface area contributed by atoms with Gasteiger partial charge >= 0.3 is 0 Å². The number of halogens is 2. The largest absolute Gasteiger partial charge is 0.317 e. The van der Waals surface area contributed by atoms with Gasteiger partial charge in [-0.25, -0.2) is 4.39 Å². The van der Waals surface area contributed by atoms with Crippen molar-refractivity contribution in [3.8, 4) is 0 Å². The van der Waals surface area contributed by atoms with Crippen molar-refractivity contribution in [2.75, 3.05) is 13.1 Å². The molecule has 0 fully saturated rings. The van der Waals surface area contributed by atoms with Crippen LogP contribution < -0.4 is 5.32 Å². The van der Waals surface area contributed by atoms with Crippen molar-refractivity contribution in [3.63, 3.8) is 0 Å². The number of benzene rings is 1. The fourth-order valence-electron chi connectivity index (χ4n) is 1.70. The van der Waals surface area contributed by atoms with Gasteiger partial charge in [0, 0.05) is 0 Å². The van der Waals surface area contributed by atoms with Crippen LogP contribution >= 0.6 is 11.6 Å². The van der Waals surface area contributed by atoms with E-state index in [9.17, 15) is 4.39 Å². The van der Waals surface area contributed by atoms with E-state index in [0.29, 0.717) is 5.92 Å². The van der Waals surface area contributed by atoms with Gasteiger partial charge in [-0.2, -0.15) is 0 Å². The van der Waals surface area contributed by atoms with Crippen molar-refractivity contribution < 1.29 is 4.39 Å². The number of hydrogen-bond donors (Lipinski definition) is 1. The molecule has 1 rings (SSSR count). The monoisotopic (exact) mass is 243 g/mol. The molecule has 0 radical (unpaired) electrons. The van der Waals surface area contributed by atoms with E-state index in [-0.39, 0.29) is 10.8 Å². The summed E-state index contributed by atoms with van der Waals surface area (Å²) in [5, 5.41) is 3.49. The third-order valence-electron chi connectivity index (χ3n) is 2.63. The van der Waals surface area contributed by atoms with Gasteiger partial charge in [0.05, 0.1) is 5.02 Å². The normalized spacial score (nSPS) is 12.8. The molecule has 0 bridgehead atoms. The Morgan fingerprint density at radius 3 is 2.81 bits per heavy atom. The fourth-order valence-corrected chi connectivity index (χ4v) is 1.81. The molecule has 0 aromatic heterocycles. The Kier molecular flexibility index (Phi) is 5.78. The third-order valence-corrected chi connectivity index (χ3v) is 2.94. The Balaban J connectivity index is 2.43. The number of nitrogens with one attached hydrogen (secondary N) is 1. The van der Waals surface area contributed by atoms with Crippen molar-refractivity contribution in [1.82, 2.24) is 5.32 Å². The molecule has 1 aromatic rings. The molecule has 1 atom stereocenters. The standard InChI is InChI=1S/C13H19ClFN/c1-3-16-7-6-10(2)8-11-4-5-12(14)13(15)9-11/h4-5,9-10,16H,3,6-8H2,1-2H3. The van der Waals surface area contributed by atoms with Crippen molar-refractivity contribution in [2.24, 2.45) is 5.92 Å². The van der Waals surface area contributed by atoms with Gasteiger partial charge in [0.25, 0.3) is 0 Å². The lowest BCUT2D eigenvalue weighted by atomic mass is 9.98. The summed E-state index contributed by atoms with van der Waals surface area (Å²) < 4.78 is 13.2. The van der Waals surface area contributed by atoms with Gasteiger partial charge in [0.2, 0.25) is 0 Å². The van der Waals surface area contributed by atoms with E-state index in [0.717, 1.165) is 31.5 Å². The molecular formula is C13H19ClFN. The Morgan fingerprint density at radius 1 is 1.44 bits per heavy atom. The van der Waals surface area contributed by atoms with E-state index in [1.807, 2.05) is 6.07 Å². The molecule has 0 aliphatic rings. The average molecular weight is 244 g/mol. The first-order valence-electron chi connectivity index (χ1n) is 5.78. The van der Waals surface area contributed by atoms with E-state index in [1.165, 1.54) is 6.07 Å². The molecule has 16 heavy (non-hydrogen) atoms. The first-order valence-corrected chi connectivity index (χ1v) is 6.16. The highest BCUT2D eigenvalue weighted by atomic mass is 35.5. The fraction of sp³-hybridized carbons (Fsp3) is 0.538. The molecule has 0 spiro atoms. The highest BCUT2D eigenvalue weighted by Crippen LogP contribution is 2.18. The summed E-state index contributed by atoms with van der Waals surface area (Å²) in [6.45, 7) is 6.30. The van der Waals surface area contributed by atoms with Gasteiger partial charge < -0.3 is 5.32 Å². The van der Waals surface area contributed by atoms with Crippen LogP contribution in [0.15, 0.2) is 18.2 Å². The predicted octanol–water partition coefficient (Wildman–Crippen LogP) is 3.66. The van der Waals surface area contributed by atoms with E-state index >= 15 is 0 Å². The number of rotatable bonds is 6. The second kappa shape index (κ2) is 6.87. The summed E-state index contributed by atoms with van der Waals surface area (Å²) in [7, 11) is 0. The topological polar surface area (TPSA) is 12.0 Å². The van der Waals surface area contributed by atoms with Crippen LogP contribution in [0.1, 0.15) is 25.8 Å². The van der Waals surface area contributed by atoms with Crippen LogP contribution in [-0.4, -0.2) is 13.1 Å². The van der Waals surface area contributed by atoms with Gasteiger partial charge in [0.15, 0.2) is 0 Å². The molecule has 90 valence electrons. The Hall–Kier alpha value is -0.600. The van der Waals surface area contributed by atoms with Crippen molar-refractivity contribution in [2.45, 2.75) is 26.7 Å². The molecule has 0 aliphatic heterocycles. The zero-order valence-corrected chi connectivity index (χ0v) is 10.6. The second-order valence-electron chi connectivity index (χ2n) is 4.20. The molecule has 1 nitrogen and oxygen atoms in total. The minimum absolute atomic E-state index is 0.198. The van der Waals surface area contributed by atoms with Crippen LogP contribution in [0, 0.1) is 11.7 Å². The smallest absolute Gasteiger partial charge is 0.142 e. The lowest BCUT2D eigenvalue weighted by Gasteiger charge is -2.11. The first-order chi connectivity index (χ1) is 7.63. The van der Waals surface area contributed by atoms with Crippen LogP contribution in [0.3, 0.4) is 0 Å². The second-order valence-corrected chi connectivity index (χ2v) is 4.61.